The lowest BCUT2D eigenvalue weighted by molar-refractivity contribution is 0.0527. The van der Waals surface area contributed by atoms with Crippen molar-refractivity contribution in [2.24, 2.45) is 0 Å². The summed E-state index contributed by atoms with van der Waals surface area (Å²) in [5.74, 6) is -0.556. The molecule has 0 amide bonds. The maximum absolute atomic E-state index is 12.2. The fourth-order valence-corrected chi connectivity index (χ4v) is 2.42. The van der Waals surface area contributed by atoms with Crippen molar-refractivity contribution in [1.29, 1.82) is 5.26 Å². The van der Waals surface area contributed by atoms with E-state index in [-0.39, 0.29) is 12.4 Å². The lowest BCUT2D eigenvalue weighted by atomic mass is 10.1. The normalized spacial score (nSPS) is 10.4. The summed E-state index contributed by atoms with van der Waals surface area (Å²) in [6, 6.07) is 5.40. The summed E-state index contributed by atoms with van der Waals surface area (Å²) < 4.78 is 6.73. The summed E-state index contributed by atoms with van der Waals surface area (Å²) in [5, 5.41) is 9.36. The van der Waals surface area contributed by atoms with Gasteiger partial charge in [0.25, 0.3) is 0 Å². The highest BCUT2D eigenvalue weighted by molar-refractivity contribution is 6.02. The number of ether oxygens (including phenoxy) is 1. The smallest absolute Gasteiger partial charge is 0.340 e. The molecule has 0 fully saturated rings. The molecule has 5 heteroatoms. The molecule has 0 aromatic carbocycles. The Morgan fingerprint density at radius 1 is 1.38 bits per heavy atom. The topological polar surface area (TPSA) is 71.6 Å². The second kappa shape index (κ2) is 5.80. The molecule has 0 radical (unpaired) electrons. The maximum Gasteiger partial charge on any atom is 0.340 e. The molecule has 0 aliphatic carbocycles. The van der Waals surface area contributed by atoms with E-state index in [1.54, 1.807) is 29.7 Å². The monoisotopic (exact) mass is 284 g/mol. The second-order valence-corrected chi connectivity index (χ2v) is 4.61. The third kappa shape index (κ3) is 2.40. The number of aromatic nitrogens is 1. The Morgan fingerprint density at radius 3 is 2.62 bits per heavy atom. The van der Waals surface area contributed by atoms with Gasteiger partial charge in [0.15, 0.2) is 5.78 Å². The van der Waals surface area contributed by atoms with Crippen LogP contribution in [0.1, 0.15) is 52.7 Å². The molecule has 2 aromatic rings. The van der Waals surface area contributed by atoms with Gasteiger partial charge < -0.3 is 9.14 Å². The summed E-state index contributed by atoms with van der Waals surface area (Å²) in [6.45, 7) is 5.33. The predicted molar refractivity (Wildman–Crippen MR) is 77.5 cm³/mol. The van der Waals surface area contributed by atoms with Crippen LogP contribution in [0.3, 0.4) is 0 Å². The number of nitriles is 1. The van der Waals surface area contributed by atoms with Gasteiger partial charge >= 0.3 is 5.97 Å². The van der Waals surface area contributed by atoms with E-state index in [0.717, 1.165) is 0 Å². The molecule has 21 heavy (non-hydrogen) atoms. The molecule has 0 spiro atoms. The molecule has 0 unspecified atom stereocenters. The van der Waals surface area contributed by atoms with Gasteiger partial charge in [-0.1, -0.05) is 6.92 Å². The fourth-order valence-electron chi connectivity index (χ4n) is 2.42. The van der Waals surface area contributed by atoms with Crippen LogP contribution in [0.25, 0.3) is 5.52 Å². The van der Waals surface area contributed by atoms with Gasteiger partial charge in [-0.25, -0.2) is 4.79 Å². The molecule has 0 N–H and O–H groups in total. The zero-order valence-corrected chi connectivity index (χ0v) is 12.3. The van der Waals surface area contributed by atoms with Crippen molar-refractivity contribution < 1.29 is 14.3 Å². The lowest BCUT2D eigenvalue weighted by Gasteiger charge is -2.03. The van der Waals surface area contributed by atoms with Crippen LogP contribution in [-0.2, 0) is 11.2 Å². The zero-order valence-electron chi connectivity index (χ0n) is 12.3. The molecule has 2 heterocycles. The summed E-state index contributed by atoms with van der Waals surface area (Å²) >= 11 is 0. The minimum atomic E-state index is -0.464. The highest BCUT2D eigenvalue weighted by Crippen LogP contribution is 2.26. The number of carbonyl (C=O) groups excluding carboxylic acids is 2. The Labute approximate surface area is 122 Å². The number of rotatable bonds is 4. The van der Waals surface area contributed by atoms with Crippen LogP contribution in [0.5, 0.6) is 0 Å². The highest BCUT2D eigenvalue weighted by atomic mass is 16.5. The van der Waals surface area contributed by atoms with E-state index >= 15 is 0 Å². The molecule has 0 aliphatic rings. The van der Waals surface area contributed by atoms with Crippen molar-refractivity contribution in [2.45, 2.75) is 27.2 Å². The average Bonchev–Trinajstić information content (AvgIpc) is 2.79. The van der Waals surface area contributed by atoms with E-state index < -0.39 is 5.97 Å². The van der Waals surface area contributed by atoms with Crippen LogP contribution in [0, 0.1) is 11.3 Å². The highest BCUT2D eigenvalue weighted by Gasteiger charge is 2.23. The molecular weight excluding hydrogens is 268 g/mol. The van der Waals surface area contributed by atoms with E-state index in [2.05, 4.69) is 6.07 Å². The summed E-state index contributed by atoms with van der Waals surface area (Å²) in [4.78, 5) is 23.8. The van der Waals surface area contributed by atoms with Gasteiger partial charge in [0.2, 0.25) is 0 Å². The van der Waals surface area contributed by atoms with Crippen LogP contribution >= 0.6 is 0 Å². The van der Waals surface area contributed by atoms with Crippen LogP contribution in [0.4, 0.5) is 0 Å². The van der Waals surface area contributed by atoms with Crippen LogP contribution in [-0.4, -0.2) is 22.8 Å². The Morgan fingerprint density at radius 2 is 2.10 bits per heavy atom. The number of Topliss-reactive ketones (excluding diaryl/α,β-unsaturated/α-hetero) is 1. The molecule has 5 nitrogen and oxygen atoms in total. The fraction of sp³-hybridized carbons (Fsp3) is 0.312. The Hall–Kier alpha value is -2.61. The van der Waals surface area contributed by atoms with Crippen LogP contribution in [0.15, 0.2) is 18.3 Å². The third-order valence-corrected chi connectivity index (χ3v) is 3.39. The SMILES string of the molecule is CCOC(=O)c1c(CC)c(C#N)n2ccc(C(C)=O)cc12. The van der Waals surface area contributed by atoms with Crippen molar-refractivity contribution in [3.63, 3.8) is 0 Å². The van der Waals surface area contributed by atoms with Gasteiger partial charge in [0.1, 0.15) is 11.8 Å². The van der Waals surface area contributed by atoms with Gasteiger partial charge in [-0.15, -0.1) is 0 Å². The summed E-state index contributed by atoms with van der Waals surface area (Å²) in [6.07, 6.45) is 2.18. The standard InChI is InChI=1S/C16H16N2O3/c1-4-12-14(9-17)18-7-6-11(10(3)19)8-13(18)15(12)16(20)21-5-2/h6-8H,4-5H2,1-3H3. The van der Waals surface area contributed by atoms with E-state index in [9.17, 15) is 14.9 Å². The third-order valence-electron chi connectivity index (χ3n) is 3.39. The first-order chi connectivity index (χ1) is 10.0. The molecule has 0 aliphatic heterocycles. The first-order valence-electron chi connectivity index (χ1n) is 6.80. The van der Waals surface area contributed by atoms with Gasteiger partial charge in [-0.3, -0.25) is 4.79 Å². The van der Waals surface area contributed by atoms with Crippen molar-refractivity contribution >= 4 is 17.3 Å². The number of pyridine rings is 1. The molecule has 2 rings (SSSR count). The van der Waals surface area contributed by atoms with Gasteiger partial charge in [-0.2, -0.15) is 5.26 Å². The number of hydrogen-bond donors (Lipinski definition) is 0. The number of hydrogen-bond acceptors (Lipinski definition) is 4. The van der Waals surface area contributed by atoms with E-state index in [1.165, 1.54) is 6.92 Å². The largest absolute Gasteiger partial charge is 0.462 e. The second-order valence-electron chi connectivity index (χ2n) is 4.61. The molecule has 0 saturated carbocycles. The molecule has 108 valence electrons. The Bertz CT molecular complexity index is 766. The Balaban J connectivity index is 2.84. The van der Waals surface area contributed by atoms with E-state index in [1.807, 2.05) is 6.92 Å². The molecule has 0 saturated heterocycles. The summed E-state index contributed by atoms with van der Waals surface area (Å²) in [7, 11) is 0. The van der Waals surface area contributed by atoms with Crippen molar-refractivity contribution in [1.82, 2.24) is 4.40 Å². The van der Waals surface area contributed by atoms with Gasteiger partial charge in [0.05, 0.1) is 17.7 Å². The average molecular weight is 284 g/mol. The molecular formula is C16H16N2O3. The van der Waals surface area contributed by atoms with Crippen LogP contribution < -0.4 is 0 Å². The quantitative estimate of drug-likeness (QED) is 0.639. The Kier molecular flexibility index (Phi) is 4.08. The van der Waals surface area contributed by atoms with E-state index in [0.29, 0.717) is 34.3 Å². The first kappa shape index (κ1) is 14.8. The predicted octanol–water partition coefficient (Wildman–Crippen LogP) is 2.75. The minimum absolute atomic E-state index is 0.0925. The number of esters is 1. The minimum Gasteiger partial charge on any atom is -0.462 e. The molecule has 0 bridgehead atoms. The molecule has 2 aromatic heterocycles. The van der Waals surface area contributed by atoms with Gasteiger partial charge in [-0.05, 0) is 32.4 Å². The zero-order chi connectivity index (χ0) is 15.6. The summed E-state index contributed by atoms with van der Waals surface area (Å²) in [5.41, 5.74) is 2.47. The number of ketones is 1. The van der Waals surface area contributed by atoms with Crippen molar-refractivity contribution in [3.8, 4) is 6.07 Å². The number of nitrogens with zero attached hydrogens (tertiary/aromatic N) is 2. The van der Waals surface area contributed by atoms with E-state index in [4.69, 9.17) is 4.74 Å². The maximum atomic E-state index is 12.2. The van der Waals surface area contributed by atoms with Gasteiger partial charge in [0, 0.05) is 17.3 Å². The molecule has 0 atom stereocenters. The van der Waals surface area contributed by atoms with Crippen LogP contribution in [0.2, 0.25) is 0 Å². The first-order valence-corrected chi connectivity index (χ1v) is 6.80. The van der Waals surface area contributed by atoms with Crippen molar-refractivity contribution in [3.05, 3.63) is 40.7 Å². The number of fused-ring (bicyclic) bond motifs is 1. The van der Waals surface area contributed by atoms with Crippen molar-refractivity contribution in [2.75, 3.05) is 6.61 Å². The number of carbonyl (C=O) groups is 2. The lowest BCUT2D eigenvalue weighted by Crippen LogP contribution is -2.07.